The Kier molecular flexibility index (Phi) is 4.50. The summed E-state index contributed by atoms with van der Waals surface area (Å²) in [5, 5.41) is 3.17. The number of rotatable bonds is 6. The van der Waals surface area contributed by atoms with Crippen LogP contribution in [-0.4, -0.2) is 16.1 Å². The van der Waals surface area contributed by atoms with E-state index in [0.29, 0.717) is 25.1 Å². The van der Waals surface area contributed by atoms with Crippen molar-refractivity contribution < 1.29 is 8.78 Å². The minimum atomic E-state index is -0.552. The van der Waals surface area contributed by atoms with Gasteiger partial charge in [0.25, 0.3) is 0 Å². The molecule has 0 aliphatic heterocycles. The van der Waals surface area contributed by atoms with E-state index in [9.17, 15) is 8.78 Å². The van der Waals surface area contributed by atoms with E-state index in [1.54, 1.807) is 6.08 Å². The summed E-state index contributed by atoms with van der Waals surface area (Å²) in [5.74, 6) is -0.368. The number of halogens is 2. The van der Waals surface area contributed by atoms with Crippen molar-refractivity contribution in [2.24, 2.45) is 0 Å². The number of hydrogen-bond acceptors (Lipinski definition) is 2. The first-order chi connectivity index (χ1) is 9.58. The van der Waals surface area contributed by atoms with Gasteiger partial charge in [-0.15, -0.1) is 6.58 Å². The first-order valence-corrected chi connectivity index (χ1v) is 6.42. The molecule has 0 bridgehead atoms. The van der Waals surface area contributed by atoms with Crippen LogP contribution in [0.25, 0.3) is 0 Å². The second-order valence-corrected chi connectivity index (χ2v) is 4.60. The lowest BCUT2D eigenvalue weighted by molar-refractivity contribution is 0.580. The van der Waals surface area contributed by atoms with Gasteiger partial charge < -0.3 is 9.88 Å². The van der Waals surface area contributed by atoms with Gasteiger partial charge in [-0.2, -0.15) is 0 Å². The van der Waals surface area contributed by atoms with Gasteiger partial charge in [-0.25, -0.2) is 13.8 Å². The molecule has 0 amide bonds. The molecular formula is C15H17F2N3. The normalized spacial score (nSPS) is 10.6. The number of allylic oxidation sites excluding steroid dienone is 1. The van der Waals surface area contributed by atoms with Crippen molar-refractivity contribution in [1.82, 2.24) is 9.55 Å². The minimum Gasteiger partial charge on any atom is -0.355 e. The largest absolute Gasteiger partial charge is 0.355 e. The van der Waals surface area contributed by atoms with E-state index in [-0.39, 0.29) is 0 Å². The molecule has 1 aromatic carbocycles. The number of aryl methyl sites for hydroxylation is 1. The Morgan fingerprint density at radius 2 is 2.00 bits per heavy atom. The van der Waals surface area contributed by atoms with E-state index < -0.39 is 11.6 Å². The maximum Gasteiger partial charge on any atom is 0.203 e. The lowest BCUT2D eigenvalue weighted by Crippen LogP contribution is -2.10. The molecule has 2 rings (SSSR count). The summed E-state index contributed by atoms with van der Waals surface area (Å²) < 4.78 is 28.1. The van der Waals surface area contributed by atoms with Crippen LogP contribution in [0.1, 0.15) is 11.3 Å². The number of anilines is 1. The molecule has 0 saturated heterocycles. The van der Waals surface area contributed by atoms with E-state index in [0.717, 1.165) is 17.7 Å². The van der Waals surface area contributed by atoms with Crippen molar-refractivity contribution in [2.75, 3.05) is 11.9 Å². The predicted molar refractivity (Wildman–Crippen MR) is 75.7 cm³/mol. The van der Waals surface area contributed by atoms with Gasteiger partial charge in [-0.3, -0.25) is 0 Å². The second kappa shape index (κ2) is 6.32. The van der Waals surface area contributed by atoms with Crippen molar-refractivity contribution in [3.05, 3.63) is 59.9 Å². The molecule has 0 unspecified atom stereocenters. The Bertz CT molecular complexity index is 585. The smallest absolute Gasteiger partial charge is 0.203 e. The highest BCUT2D eigenvalue weighted by atomic mass is 19.1. The number of nitrogens with zero attached hydrogens (tertiary/aromatic N) is 2. The highest BCUT2D eigenvalue weighted by Gasteiger charge is 2.05. The molecule has 0 saturated carbocycles. The van der Waals surface area contributed by atoms with Crippen LogP contribution >= 0.6 is 0 Å². The van der Waals surface area contributed by atoms with Crippen LogP contribution in [-0.2, 0) is 13.0 Å². The maximum atomic E-state index is 13.1. The number of imidazole rings is 1. The zero-order valence-corrected chi connectivity index (χ0v) is 11.4. The summed E-state index contributed by atoms with van der Waals surface area (Å²) in [6, 6.07) is 3.55. The topological polar surface area (TPSA) is 29.9 Å². The predicted octanol–water partition coefficient (Wildman–Crippen LogP) is 3.31. The fourth-order valence-electron chi connectivity index (χ4n) is 2.04. The molecule has 1 heterocycles. The summed E-state index contributed by atoms with van der Waals surface area (Å²) in [6.45, 7) is 6.82. The molecule has 1 N–H and O–H groups in total. The van der Waals surface area contributed by atoms with Crippen LogP contribution in [0.4, 0.5) is 14.7 Å². The molecule has 1 aromatic heterocycles. The van der Waals surface area contributed by atoms with Gasteiger partial charge in [0, 0.05) is 25.4 Å². The third-order valence-electron chi connectivity index (χ3n) is 2.84. The summed E-state index contributed by atoms with van der Waals surface area (Å²) in [6.07, 6.45) is 4.23. The summed E-state index contributed by atoms with van der Waals surface area (Å²) in [7, 11) is 0. The van der Waals surface area contributed by atoms with Crippen molar-refractivity contribution in [1.29, 1.82) is 0 Å². The fraction of sp³-hybridized carbons (Fsp3) is 0.267. The Hall–Kier alpha value is -2.17. The maximum absolute atomic E-state index is 13.1. The highest BCUT2D eigenvalue weighted by Crippen LogP contribution is 2.11. The molecule has 0 fully saturated rings. The van der Waals surface area contributed by atoms with E-state index in [1.807, 2.05) is 17.7 Å². The first-order valence-electron chi connectivity index (χ1n) is 6.42. The molecular weight excluding hydrogens is 260 g/mol. The third kappa shape index (κ3) is 3.66. The van der Waals surface area contributed by atoms with Crippen molar-refractivity contribution >= 4 is 5.95 Å². The van der Waals surface area contributed by atoms with Crippen LogP contribution in [0.2, 0.25) is 0 Å². The van der Waals surface area contributed by atoms with Crippen LogP contribution in [0.3, 0.4) is 0 Å². The van der Waals surface area contributed by atoms with Crippen LogP contribution in [0, 0.1) is 18.6 Å². The molecule has 0 aliphatic rings. The minimum absolute atomic E-state index is 0.522. The van der Waals surface area contributed by atoms with E-state index in [1.165, 1.54) is 12.1 Å². The van der Waals surface area contributed by atoms with Crippen LogP contribution in [0.15, 0.2) is 37.1 Å². The average molecular weight is 277 g/mol. The highest BCUT2D eigenvalue weighted by molar-refractivity contribution is 5.30. The van der Waals surface area contributed by atoms with Gasteiger partial charge in [0.05, 0.1) is 5.69 Å². The summed E-state index contributed by atoms with van der Waals surface area (Å²) >= 11 is 0. The Balaban J connectivity index is 1.97. The quantitative estimate of drug-likeness (QED) is 0.821. The van der Waals surface area contributed by atoms with Crippen LogP contribution in [0.5, 0.6) is 0 Å². The molecule has 20 heavy (non-hydrogen) atoms. The molecule has 0 aliphatic carbocycles. The number of aromatic nitrogens is 2. The number of hydrogen-bond donors (Lipinski definition) is 1. The summed E-state index contributed by atoms with van der Waals surface area (Å²) in [4.78, 5) is 4.35. The number of nitrogens with one attached hydrogen (secondary N) is 1. The zero-order chi connectivity index (χ0) is 14.5. The van der Waals surface area contributed by atoms with Gasteiger partial charge in [0.15, 0.2) is 0 Å². The van der Waals surface area contributed by atoms with E-state index in [4.69, 9.17) is 0 Å². The van der Waals surface area contributed by atoms with E-state index >= 15 is 0 Å². The standard InChI is InChI=1S/C15H17F2N3/c1-3-6-20-10-11(2)19-15(20)18-5-4-12-7-13(16)9-14(17)8-12/h3,7-10H,1,4-6H2,2H3,(H,18,19). The van der Waals surface area contributed by atoms with Gasteiger partial charge in [0.1, 0.15) is 11.6 Å². The molecule has 3 nitrogen and oxygen atoms in total. The fourth-order valence-corrected chi connectivity index (χ4v) is 2.04. The molecule has 5 heteroatoms. The Morgan fingerprint density at radius 1 is 1.30 bits per heavy atom. The Labute approximate surface area is 117 Å². The van der Waals surface area contributed by atoms with Crippen molar-refractivity contribution in [2.45, 2.75) is 19.9 Å². The van der Waals surface area contributed by atoms with Gasteiger partial charge in [0.2, 0.25) is 5.95 Å². The second-order valence-electron chi connectivity index (χ2n) is 4.60. The monoisotopic (exact) mass is 277 g/mol. The average Bonchev–Trinajstić information content (AvgIpc) is 2.69. The molecule has 0 atom stereocenters. The third-order valence-corrected chi connectivity index (χ3v) is 2.84. The van der Waals surface area contributed by atoms with Gasteiger partial charge in [-0.1, -0.05) is 6.08 Å². The molecule has 2 aromatic rings. The van der Waals surface area contributed by atoms with Crippen LogP contribution < -0.4 is 5.32 Å². The lowest BCUT2D eigenvalue weighted by atomic mass is 10.1. The molecule has 0 spiro atoms. The first kappa shape index (κ1) is 14.2. The summed E-state index contributed by atoms with van der Waals surface area (Å²) in [5.41, 5.74) is 1.53. The SMILES string of the molecule is C=CCn1cc(C)nc1NCCc1cc(F)cc(F)c1. The molecule has 0 radical (unpaired) electrons. The Morgan fingerprint density at radius 3 is 2.65 bits per heavy atom. The molecule has 106 valence electrons. The van der Waals surface area contributed by atoms with Gasteiger partial charge in [-0.05, 0) is 31.0 Å². The van der Waals surface area contributed by atoms with Crippen molar-refractivity contribution in [3.8, 4) is 0 Å². The zero-order valence-electron chi connectivity index (χ0n) is 11.4. The lowest BCUT2D eigenvalue weighted by Gasteiger charge is -2.08. The van der Waals surface area contributed by atoms with E-state index in [2.05, 4.69) is 16.9 Å². The van der Waals surface area contributed by atoms with Crippen molar-refractivity contribution in [3.63, 3.8) is 0 Å². The van der Waals surface area contributed by atoms with Gasteiger partial charge >= 0.3 is 0 Å². The number of benzene rings is 1.